The van der Waals surface area contributed by atoms with Crippen molar-refractivity contribution < 1.29 is 17.9 Å². The predicted molar refractivity (Wildman–Crippen MR) is 107 cm³/mol. The lowest BCUT2D eigenvalue weighted by Crippen LogP contribution is -2.28. The Morgan fingerprint density at radius 2 is 1.81 bits per heavy atom. The maximum Gasteiger partial charge on any atom is 0.220 e. The molecule has 0 fully saturated rings. The second kappa shape index (κ2) is 9.04. The molecular formula is C21H27NO4S. The molecule has 0 aliphatic heterocycles. The third kappa shape index (κ3) is 5.82. The number of carbonyl (C=O) groups is 1. The molecule has 1 atom stereocenters. The van der Waals surface area contributed by atoms with Gasteiger partial charge in [0, 0.05) is 12.7 Å². The van der Waals surface area contributed by atoms with Crippen LogP contribution in [0.3, 0.4) is 0 Å². The fourth-order valence-corrected chi connectivity index (χ4v) is 3.62. The molecule has 27 heavy (non-hydrogen) atoms. The smallest absolute Gasteiger partial charge is 0.220 e. The van der Waals surface area contributed by atoms with Gasteiger partial charge in [0.1, 0.15) is 5.75 Å². The average Bonchev–Trinajstić information content (AvgIpc) is 2.64. The van der Waals surface area contributed by atoms with Crippen LogP contribution in [-0.2, 0) is 21.1 Å². The van der Waals surface area contributed by atoms with Gasteiger partial charge in [0.15, 0.2) is 9.84 Å². The molecule has 6 heteroatoms. The number of benzene rings is 2. The summed E-state index contributed by atoms with van der Waals surface area (Å²) in [4.78, 5) is 12.6. The largest absolute Gasteiger partial charge is 0.496 e. The number of aryl methyl sites for hydroxylation is 2. The van der Waals surface area contributed by atoms with Gasteiger partial charge in [0.25, 0.3) is 0 Å². The zero-order valence-electron chi connectivity index (χ0n) is 16.3. The van der Waals surface area contributed by atoms with Crippen molar-refractivity contribution in [3.05, 3.63) is 59.2 Å². The summed E-state index contributed by atoms with van der Waals surface area (Å²) in [6.45, 7) is 3.97. The van der Waals surface area contributed by atoms with Gasteiger partial charge in [0.05, 0.1) is 18.0 Å². The number of methoxy groups -OCH3 is 1. The number of nitrogens with one attached hydrogen (secondary N) is 1. The molecule has 1 N–H and O–H groups in total. The first kappa shape index (κ1) is 21.0. The van der Waals surface area contributed by atoms with E-state index in [2.05, 4.69) is 5.32 Å². The van der Waals surface area contributed by atoms with Crippen LogP contribution in [0.15, 0.2) is 47.4 Å². The average molecular weight is 390 g/mol. The number of carbonyl (C=O) groups excluding carboxylic acids is 1. The van der Waals surface area contributed by atoms with E-state index in [1.54, 1.807) is 31.4 Å². The summed E-state index contributed by atoms with van der Waals surface area (Å²) in [6.07, 6.45) is 2.96. The normalized spacial score (nSPS) is 12.4. The second-order valence-electron chi connectivity index (χ2n) is 6.67. The van der Waals surface area contributed by atoms with E-state index in [0.717, 1.165) is 28.9 Å². The van der Waals surface area contributed by atoms with Crippen LogP contribution < -0.4 is 10.1 Å². The van der Waals surface area contributed by atoms with Gasteiger partial charge in [-0.2, -0.15) is 0 Å². The van der Waals surface area contributed by atoms with Crippen LogP contribution in [0, 0.1) is 6.92 Å². The Morgan fingerprint density at radius 1 is 1.15 bits per heavy atom. The molecule has 0 saturated carbocycles. The minimum atomic E-state index is -3.22. The minimum Gasteiger partial charge on any atom is -0.496 e. The van der Waals surface area contributed by atoms with Gasteiger partial charge in [-0.1, -0.05) is 31.2 Å². The first-order valence-corrected chi connectivity index (χ1v) is 10.9. The van der Waals surface area contributed by atoms with Gasteiger partial charge >= 0.3 is 0 Å². The van der Waals surface area contributed by atoms with E-state index in [1.165, 1.54) is 6.26 Å². The lowest BCUT2D eigenvalue weighted by Gasteiger charge is -2.18. The summed E-state index contributed by atoms with van der Waals surface area (Å²) >= 11 is 0. The highest BCUT2D eigenvalue weighted by Crippen LogP contribution is 2.21. The van der Waals surface area contributed by atoms with Crippen molar-refractivity contribution in [3.8, 4) is 5.75 Å². The summed E-state index contributed by atoms with van der Waals surface area (Å²) < 4.78 is 28.4. The molecule has 0 spiro atoms. The number of ether oxygens (including phenoxy) is 1. The number of hydrogen-bond acceptors (Lipinski definition) is 4. The summed E-state index contributed by atoms with van der Waals surface area (Å²) in [5, 5.41) is 3.04. The summed E-state index contributed by atoms with van der Waals surface area (Å²) in [7, 11) is -1.58. The Morgan fingerprint density at radius 3 is 2.33 bits per heavy atom. The van der Waals surface area contributed by atoms with Gasteiger partial charge in [-0.15, -0.1) is 0 Å². The third-order valence-corrected chi connectivity index (χ3v) is 5.68. The molecule has 0 aliphatic carbocycles. The molecule has 0 heterocycles. The van der Waals surface area contributed by atoms with Crippen molar-refractivity contribution in [2.45, 2.75) is 44.0 Å². The number of sulfone groups is 1. The van der Waals surface area contributed by atoms with Crippen LogP contribution in [0.2, 0.25) is 0 Å². The van der Waals surface area contributed by atoms with E-state index in [-0.39, 0.29) is 16.8 Å². The van der Waals surface area contributed by atoms with Gasteiger partial charge in [-0.3, -0.25) is 4.79 Å². The predicted octanol–water partition coefficient (Wildman–Crippen LogP) is 3.61. The third-order valence-electron chi connectivity index (χ3n) is 4.55. The summed E-state index contributed by atoms with van der Waals surface area (Å²) in [5.41, 5.74) is 3.04. The highest BCUT2D eigenvalue weighted by Gasteiger charge is 2.14. The zero-order valence-corrected chi connectivity index (χ0v) is 17.1. The molecule has 0 aromatic heterocycles. The molecule has 0 radical (unpaired) electrons. The number of hydrogen-bond donors (Lipinski definition) is 1. The maximum atomic E-state index is 12.4. The van der Waals surface area contributed by atoms with Crippen LogP contribution in [-0.4, -0.2) is 27.7 Å². The van der Waals surface area contributed by atoms with Crippen molar-refractivity contribution in [3.63, 3.8) is 0 Å². The van der Waals surface area contributed by atoms with E-state index in [1.807, 2.05) is 32.0 Å². The monoisotopic (exact) mass is 389 g/mol. The lowest BCUT2D eigenvalue weighted by molar-refractivity contribution is -0.121. The van der Waals surface area contributed by atoms with E-state index in [0.29, 0.717) is 12.8 Å². The van der Waals surface area contributed by atoms with Crippen LogP contribution >= 0.6 is 0 Å². The molecule has 146 valence electrons. The molecule has 5 nitrogen and oxygen atoms in total. The first-order valence-electron chi connectivity index (χ1n) is 8.97. The van der Waals surface area contributed by atoms with Crippen molar-refractivity contribution in [1.82, 2.24) is 5.32 Å². The van der Waals surface area contributed by atoms with Crippen LogP contribution in [0.4, 0.5) is 0 Å². The van der Waals surface area contributed by atoms with E-state index in [4.69, 9.17) is 4.74 Å². The van der Waals surface area contributed by atoms with Crippen molar-refractivity contribution in [1.29, 1.82) is 0 Å². The number of rotatable bonds is 8. The maximum absolute atomic E-state index is 12.4. The molecule has 0 saturated heterocycles. The zero-order chi connectivity index (χ0) is 20.0. The molecule has 0 unspecified atom stereocenters. The standard InChI is InChI=1S/C21H27NO4S/c1-5-19(17-8-10-18(11-9-17)27(4,24)25)22-21(23)13-7-16-6-12-20(26-3)15(2)14-16/h6,8-12,14,19H,5,7,13H2,1-4H3,(H,22,23)/t19-/m0/s1. The second-order valence-corrected chi connectivity index (χ2v) is 8.69. The highest BCUT2D eigenvalue weighted by molar-refractivity contribution is 7.90. The Balaban J connectivity index is 1.97. The lowest BCUT2D eigenvalue weighted by atomic mass is 10.0. The summed E-state index contributed by atoms with van der Waals surface area (Å²) in [6, 6.07) is 12.5. The quantitative estimate of drug-likeness (QED) is 0.749. The topological polar surface area (TPSA) is 72.5 Å². The highest BCUT2D eigenvalue weighted by atomic mass is 32.2. The molecule has 2 aromatic carbocycles. The van der Waals surface area contributed by atoms with E-state index < -0.39 is 9.84 Å². The Hall–Kier alpha value is -2.34. The Labute approximate surface area is 161 Å². The molecule has 2 aromatic rings. The Bertz CT molecular complexity index is 889. The van der Waals surface area contributed by atoms with Crippen molar-refractivity contribution in [2.75, 3.05) is 13.4 Å². The molecular weight excluding hydrogens is 362 g/mol. The number of amides is 1. The van der Waals surface area contributed by atoms with E-state index in [9.17, 15) is 13.2 Å². The SMILES string of the molecule is CC[C@H](NC(=O)CCc1ccc(OC)c(C)c1)c1ccc(S(C)(=O)=O)cc1. The van der Waals surface area contributed by atoms with Crippen LogP contribution in [0.1, 0.15) is 42.5 Å². The van der Waals surface area contributed by atoms with Crippen LogP contribution in [0.5, 0.6) is 5.75 Å². The minimum absolute atomic E-state index is 0.0255. The fourth-order valence-electron chi connectivity index (χ4n) is 2.99. The van der Waals surface area contributed by atoms with Crippen LogP contribution in [0.25, 0.3) is 0 Å². The van der Waals surface area contributed by atoms with Gasteiger partial charge in [-0.05, 0) is 54.7 Å². The van der Waals surface area contributed by atoms with E-state index >= 15 is 0 Å². The van der Waals surface area contributed by atoms with Gasteiger partial charge in [-0.25, -0.2) is 8.42 Å². The molecule has 0 bridgehead atoms. The molecule has 1 amide bonds. The van der Waals surface area contributed by atoms with Gasteiger partial charge < -0.3 is 10.1 Å². The summed E-state index contributed by atoms with van der Waals surface area (Å²) in [5.74, 6) is 0.814. The van der Waals surface area contributed by atoms with Crippen molar-refractivity contribution >= 4 is 15.7 Å². The first-order chi connectivity index (χ1) is 12.7. The van der Waals surface area contributed by atoms with Gasteiger partial charge in [0.2, 0.25) is 5.91 Å². The molecule has 2 rings (SSSR count). The fraction of sp³-hybridized carbons (Fsp3) is 0.381. The Kier molecular flexibility index (Phi) is 7.02. The van der Waals surface area contributed by atoms with Crippen molar-refractivity contribution in [2.24, 2.45) is 0 Å². The molecule has 0 aliphatic rings.